The Kier molecular flexibility index (Phi) is 2.69. The molecule has 2 aromatic heterocycles. The zero-order valence-electron chi connectivity index (χ0n) is 9.33. The lowest BCUT2D eigenvalue weighted by Gasteiger charge is -2.10. The smallest absolute Gasteiger partial charge is 0.253 e. The molecule has 0 fully saturated rings. The molecule has 0 bridgehead atoms. The zero-order valence-corrected chi connectivity index (χ0v) is 11.5. The van der Waals surface area contributed by atoms with Crippen molar-refractivity contribution in [2.75, 3.05) is 12.3 Å². The number of anilines is 1. The summed E-state index contributed by atoms with van der Waals surface area (Å²) < 4.78 is 0.890. The summed E-state index contributed by atoms with van der Waals surface area (Å²) in [6.45, 7) is 0.661. The standard InChI is InChI=1S/C11H10IN5O/c12-6-4-15-11(13)17-9(6)8-3-5-7(16-8)1-2-14-10(5)18/h3-4,16H,1-2H2,(H,14,18)(H2,13,15,17). The normalized spacial score (nSPS) is 14.2. The summed E-state index contributed by atoms with van der Waals surface area (Å²) in [5, 5.41) is 2.81. The Balaban J connectivity index is 2.13. The number of H-pyrrole nitrogens is 1. The fourth-order valence-electron chi connectivity index (χ4n) is 1.99. The van der Waals surface area contributed by atoms with Crippen LogP contribution in [-0.4, -0.2) is 27.4 Å². The van der Waals surface area contributed by atoms with Gasteiger partial charge in [-0.2, -0.15) is 0 Å². The van der Waals surface area contributed by atoms with Gasteiger partial charge in [0.15, 0.2) is 0 Å². The van der Waals surface area contributed by atoms with Crippen LogP contribution in [0.3, 0.4) is 0 Å². The van der Waals surface area contributed by atoms with Gasteiger partial charge in [0.25, 0.3) is 5.91 Å². The molecule has 0 aliphatic carbocycles. The van der Waals surface area contributed by atoms with E-state index < -0.39 is 0 Å². The van der Waals surface area contributed by atoms with Gasteiger partial charge in [0.2, 0.25) is 5.95 Å². The van der Waals surface area contributed by atoms with Crippen molar-refractivity contribution in [3.8, 4) is 11.4 Å². The van der Waals surface area contributed by atoms with E-state index in [2.05, 4.69) is 42.9 Å². The van der Waals surface area contributed by atoms with Crippen molar-refractivity contribution < 1.29 is 4.79 Å². The SMILES string of the molecule is Nc1ncc(I)c(-c2cc3c([nH]2)CCNC3=O)n1. The highest BCUT2D eigenvalue weighted by molar-refractivity contribution is 14.1. The first-order chi connectivity index (χ1) is 8.65. The average molecular weight is 355 g/mol. The van der Waals surface area contributed by atoms with E-state index in [0.717, 1.165) is 27.1 Å². The number of carbonyl (C=O) groups is 1. The number of hydrogen-bond acceptors (Lipinski definition) is 4. The minimum Gasteiger partial charge on any atom is -0.368 e. The number of aromatic amines is 1. The van der Waals surface area contributed by atoms with Gasteiger partial charge in [-0.15, -0.1) is 0 Å². The number of nitrogens with two attached hydrogens (primary N) is 1. The van der Waals surface area contributed by atoms with E-state index in [-0.39, 0.29) is 11.9 Å². The summed E-state index contributed by atoms with van der Waals surface area (Å²) in [6, 6.07) is 1.81. The predicted octanol–water partition coefficient (Wildman–Crippen LogP) is 0.944. The number of amides is 1. The molecule has 0 saturated heterocycles. The Hall–Kier alpha value is -1.64. The molecule has 3 heterocycles. The highest BCUT2D eigenvalue weighted by atomic mass is 127. The molecule has 6 nitrogen and oxygen atoms in total. The molecule has 0 atom stereocenters. The van der Waals surface area contributed by atoms with Gasteiger partial charge in [0.1, 0.15) is 5.69 Å². The Morgan fingerprint density at radius 1 is 1.44 bits per heavy atom. The number of aromatic nitrogens is 3. The van der Waals surface area contributed by atoms with Crippen LogP contribution in [0.2, 0.25) is 0 Å². The molecule has 3 rings (SSSR count). The van der Waals surface area contributed by atoms with Gasteiger partial charge in [-0.1, -0.05) is 0 Å². The Labute approximate surface area is 117 Å². The van der Waals surface area contributed by atoms with Crippen LogP contribution in [0.1, 0.15) is 16.1 Å². The number of nitrogen functional groups attached to an aromatic ring is 1. The number of nitrogens with zero attached hydrogens (tertiary/aromatic N) is 2. The summed E-state index contributed by atoms with van der Waals surface area (Å²) in [6.07, 6.45) is 2.47. The van der Waals surface area contributed by atoms with Crippen LogP contribution in [0.25, 0.3) is 11.4 Å². The third-order valence-electron chi connectivity index (χ3n) is 2.82. The second-order valence-corrected chi connectivity index (χ2v) is 5.17. The van der Waals surface area contributed by atoms with Crippen LogP contribution in [0.15, 0.2) is 12.3 Å². The van der Waals surface area contributed by atoms with Crippen LogP contribution < -0.4 is 11.1 Å². The molecule has 0 saturated carbocycles. The summed E-state index contributed by atoms with van der Waals surface area (Å²) in [7, 11) is 0. The number of carbonyl (C=O) groups excluding carboxylic acids is 1. The van der Waals surface area contributed by atoms with Crippen LogP contribution in [0, 0.1) is 3.57 Å². The third kappa shape index (κ3) is 1.84. The van der Waals surface area contributed by atoms with E-state index >= 15 is 0 Å². The Morgan fingerprint density at radius 2 is 2.28 bits per heavy atom. The monoisotopic (exact) mass is 355 g/mol. The topological polar surface area (TPSA) is 96.7 Å². The third-order valence-corrected chi connectivity index (χ3v) is 3.61. The van der Waals surface area contributed by atoms with E-state index in [4.69, 9.17) is 5.73 Å². The van der Waals surface area contributed by atoms with Gasteiger partial charge in [0, 0.05) is 24.9 Å². The summed E-state index contributed by atoms with van der Waals surface area (Å²) in [4.78, 5) is 23.1. The van der Waals surface area contributed by atoms with Crippen LogP contribution in [-0.2, 0) is 6.42 Å². The lowest BCUT2D eigenvalue weighted by atomic mass is 10.1. The van der Waals surface area contributed by atoms with Gasteiger partial charge in [-0.05, 0) is 28.7 Å². The first kappa shape index (κ1) is 11.5. The first-order valence-electron chi connectivity index (χ1n) is 5.43. The highest BCUT2D eigenvalue weighted by Crippen LogP contribution is 2.26. The maximum absolute atomic E-state index is 11.7. The molecule has 1 aliphatic rings. The fourth-order valence-corrected chi connectivity index (χ4v) is 2.54. The minimum absolute atomic E-state index is 0.0456. The predicted molar refractivity (Wildman–Crippen MR) is 75.0 cm³/mol. The van der Waals surface area contributed by atoms with Gasteiger partial charge in [-0.25, -0.2) is 9.97 Å². The van der Waals surface area contributed by atoms with Crippen LogP contribution in [0.4, 0.5) is 5.95 Å². The fraction of sp³-hybridized carbons (Fsp3) is 0.182. The molecular weight excluding hydrogens is 345 g/mol. The lowest BCUT2D eigenvalue weighted by Crippen LogP contribution is -2.31. The van der Waals surface area contributed by atoms with Crippen molar-refractivity contribution in [2.24, 2.45) is 0 Å². The molecule has 0 unspecified atom stereocenters. The molecule has 2 aromatic rings. The Morgan fingerprint density at radius 3 is 3.06 bits per heavy atom. The van der Waals surface area contributed by atoms with Crippen molar-refractivity contribution in [1.29, 1.82) is 0 Å². The minimum atomic E-state index is -0.0456. The van der Waals surface area contributed by atoms with E-state index in [1.165, 1.54) is 0 Å². The van der Waals surface area contributed by atoms with E-state index in [1.54, 1.807) is 6.20 Å². The van der Waals surface area contributed by atoms with Gasteiger partial charge in [0.05, 0.1) is 14.8 Å². The average Bonchev–Trinajstić information content (AvgIpc) is 2.77. The summed E-state index contributed by atoms with van der Waals surface area (Å²) in [5.74, 6) is 0.179. The molecule has 0 spiro atoms. The van der Waals surface area contributed by atoms with Crippen molar-refractivity contribution in [3.63, 3.8) is 0 Å². The quantitative estimate of drug-likeness (QED) is 0.664. The largest absolute Gasteiger partial charge is 0.368 e. The molecule has 0 radical (unpaired) electrons. The van der Waals surface area contributed by atoms with E-state index in [0.29, 0.717) is 12.1 Å². The number of halogens is 1. The molecule has 0 aromatic carbocycles. The molecule has 92 valence electrons. The molecule has 7 heteroatoms. The van der Waals surface area contributed by atoms with Gasteiger partial charge < -0.3 is 16.0 Å². The molecule has 1 amide bonds. The molecule has 4 N–H and O–H groups in total. The summed E-state index contributed by atoms with van der Waals surface area (Å²) in [5.41, 5.74) is 8.75. The van der Waals surface area contributed by atoms with Crippen molar-refractivity contribution in [3.05, 3.63) is 27.1 Å². The molecule has 18 heavy (non-hydrogen) atoms. The second kappa shape index (κ2) is 4.23. The maximum atomic E-state index is 11.7. The van der Waals surface area contributed by atoms with Crippen molar-refractivity contribution in [1.82, 2.24) is 20.3 Å². The first-order valence-corrected chi connectivity index (χ1v) is 6.51. The van der Waals surface area contributed by atoms with Crippen LogP contribution >= 0.6 is 22.6 Å². The molecular formula is C11H10IN5O. The van der Waals surface area contributed by atoms with Crippen LogP contribution in [0.5, 0.6) is 0 Å². The lowest BCUT2D eigenvalue weighted by molar-refractivity contribution is 0.0946. The van der Waals surface area contributed by atoms with Gasteiger partial charge in [-0.3, -0.25) is 4.79 Å². The van der Waals surface area contributed by atoms with Gasteiger partial charge >= 0.3 is 0 Å². The number of nitrogens with one attached hydrogen (secondary N) is 2. The van der Waals surface area contributed by atoms with E-state index in [9.17, 15) is 4.79 Å². The van der Waals surface area contributed by atoms with E-state index in [1.807, 2.05) is 6.07 Å². The second-order valence-electron chi connectivity index (χ2n) is 4.01. The number of rotatable bonds is 1. The highest BCUT2D eigenvalue weighted by Gasteiger charge is 2.21. The number of fused-ring (bicyclic) bond motifs is 1. The van der Waals surface area contributed by atoms with Crippen molar-refractivity contribution >= 4 is 34.4 Å². The van der Waals surface area contributed by atoms with Crippen molar-refractivity contribution in [2.45, 2.75) is 6.42 Å². The zero-order chi connectivity index (χ0) is 12.7. The Bertz CT molecular complexity index is 636. The summed E-state index contributed by atoms with van der Waals surface area (Å²) >= 11 is 2.15. The number of hydrogen-bond donors (Lipinski definition) is 3. The maximum Gasteiger partial charge on any atom is 0.253 e. The molecule has 1 aliphatic heterocycles.